The molecule has 0 radical (unpaired) electrons. The molecule has 4 N–H and O–H groups in total. The summed E-state index contributed by atoms with van der Waals surface area (Å²) in [6.07, 6.45) is 4.40. The number of rotatable bonds is 4. The monoisotopic (exact) mass is 214 g/mol. The van der Waals surface area contributed by atoms with E-state index in [0.29, 0.717) is 5.69 Å². The summed E-state index contributed by atoms with van der Waals surface area (Å²) in [7, 11) is 0. The predicted molar refractivity (Wildman–Crippen MR) is 50.4 cm³/mol. The summed E-state index contributed by atoms with van der Waals surface area (Å²) < 4.78 is 0. The highest BCUT2D eigenvalue weighted by Gasteiger charge is 2.42. The lowest BCUT2D eigenvalue weighted by Gasteiger charge is -2.31. The first-order chi connectivity index (χ1) is 6.83. The Balaban J connectivity index is 2.58. The highest BCUT2D eigenvalue weighted by Crippen LogP contribution is 2.21. The third-order valence-electron chi connectivity index (χ3n) is 2.10. The van der Waals surface area contributed by atoms with Crippen LogP contribution in [0.3, 0.4) is 0 Å². The molecule has 1 heterocycles. The molecule has 0 saturated heterocycles. The van der Waals surface area contributed by atoms with Crippen LogP contribution < -0.4 is 0 Å². The van der Waals surface area contributed by atoms with Crippen molar-refractivity contribution in [3.63, 3.8) is 0 Å². The second-order valence-corrected chi connectivity index (χ2v) is 3.53. The maximum absolute atomic E-state index is 9.32. The van der Waals surface area contributed by atoms with Crippen molar-refractivity contribution in [2.24, 2.45) is 0 Å². The number of hydrogen-bond acceptors (Lipinski definition) is 6. The van der Waals surface area contributed by atoms with Crippen molar-refractivity contribution in [2.75, 3.05) is 0 Å². The first-order valence-electron chi connectivity index (χ1n) is 4.47. The van der Waals surface area contributed by atoms with Crippen molar-refractivity contribution in [1.29, 1.82) is 0 Å². The van der Waals surface area contributed by atoms with Crippen LogP contribution >= 0.6 is 0 Å². The maximum Gasteiger partial charge on any atom is 0.218 e. The van der Waals surface area contributed by atoms with Crippen molar-refractivity contribution in [3.05, 3.63) is 24.3 Å². The minimum absolute atomic E-state index is 0.192. The smallest absolute Gasteiger partial charge is 0.218 e. The number of aliphatic hydroxyl groups is 4. The summed E-state index contributed by atoms with van der Waals surface area (Å²) in [6, 6.07) is 0. The van der Waals surface area contributed by atoms with E-state index in [1.807, 2.05) is 0 Å². The zero-order chi connectivity index (χ0) is 11.5. The van der Waals surface area contributed by atoms with E-state index in [0.717, 1.165) is 6.92 Å². The van der Waals surface area contributed by atoms with Gasteiger partial charge in [-0.2, -0.15) is 0 Å². The quantitative estimate of drug-likeness (QED) is 0.469. The summed E-state index contributed by atoms with van der Waals surface area (Å²) in [5, 5.41) is 36.7. The summed E-state index contributed by atoms with van der Waals surface area (Å²) in [5.74, 6) is -5.13. The van der Waals surface area contributed by atoms with Gasteiger partial charge in [-0.3, -0.25) is 9.97 Å². The average molecular weight is 214 g/mol. The van der Waals surface area contributed by atoms with Gasteiger partial charge in [0, 0.05) is 25.0 Å². The van der Waals surface area contributed by atoms with Crippen LogP contribution in [0, 0.1) is 0 Å². The third-order valence-corrected chi connectivity index (χ3v) is 2.10. The van der Waals surface area contributed by atoms with E-state index in [1.165, 1.54) is 18.6 Å². The Labute approximate surface area is 86.9 Å². The second-order valence-electron chi connectivity index (χ2n) is 3.53. The van der Waals surface area contributed by atoms with Gasteiger partial charge in [-0.25, -0.2) is 0 Å². The fourth-order valence-corrected chi connectivity index (χ4v) is 0.998. The Kier molecular flexibility index (Phi) is 3.35. The minimum atomic E-state index is -2.56. The Bertz CT molecular complexity index is 308. The summed E-state index contributed by atoms with van der Waals surface area (Å²) in [6.45, 7) is 0.906. The second kappa shape index (κ2) is 4.19. The lowest BCUT2D eigenvalue weighted by Crippen LogP contribution is -2.52. The van der Waals surface area contributed by atoms with E-state index in [2.05, 4.69) is 9.97 Å². The lowest BCUT2D eigenvalue weighted by atomic mass is 10.0. The van der Waals surface area contributed by atoms with E-state index in [1.54, 1.807) is 0 Å². The molecule has 0 atom stereocenters. The highest BCUT2D eigenvalue weighted by molar-refractivity contribution is 4.96. The third kappa shape index (κ3) is 3.21. The molecule has 0 fully saturated rings. The highest BCUT2D eigenvalue weighted by atomic mass is 16.6. The molecule has 0 unspecified atom stereocenters. The minimum Gasteiger partial charge on any atom is -0.362 e. The van der Waals surface area contributed by atoms with Crippen LogP contribution in [0.5, 0.6) is 0 Å². The first-order valence-corrected chi connectivity index (χ1v) is 4.47. The maximum atomic E-state index is 9.32. The van der Waals surface area contributed by atoms with Crippen molar-refractivity contribution in [3.8, 4) is 0 Å². The SMILES string of the molecule is CC(O)(O)C(O)(O)CCc1cnccn1. The van der Waals surface area contributed by atoms with Gasteiger partial charge in [0.1, 0.15) is 0 Å². The Morgan fingerprint density at radius 2 is 1.87 bits per heavy atom. The molecule has 84 valence electrons. The number of nitrogens with zero attached hydrogens (tertiary/aromatic N) is 2. The molecule has 0 saturated carbocycles. The van der Waals surface area contributed by atoms with Gasteiger partial charge in [0.25, 0.3) is 0 Å². The molecule has 0 aliphatic heterocycles. The first kappa shape index (κ1) is 12.0. The molecule has 0 bridgehead atoms. The van der Waals surface area contributed by atoms with Crippen molar-refractivity contribution < 1.29 is 20.4 Å². The Morgan fingerprint density at radius 1 is 1.20 bits per heavy atom. The fourth-order valence-electron chi connectivity index (χ4n) is 0.998. The van der Waals surface area contributed by atoms with Crippen LogP contribution in [0.4, 0.5) is 0 Å². The van der Waals surface area contributed by atoms with Crippen LogP contribution in [0.15, 0.2) is 18.6 Å². The van der Waals surface area contributed by atoms with Crippen LogP contribution in [0.1, 0.15) is 19.0 Å². The molecule has 1 aromatic heterocycles. The fraction of sp³-hybridized carbons (Fsp3) is 0.556. The Hall–Kier alpha value is -1.08. The number of hydrogen-bond donors (Lipinski definition) is 4. The molecule has 0 spiro atoms. The van der Waals surface area contributed by atoms with Gasteiger partial charge in [0.15, 0.2) is 0 Å². The standard InChI is InChI=1S/C9H14N2O4/c1-8(12,13)9(14,15)3-2-7-6-10-4-5-11-7/h4-6,12-15H,2-3H2,1H3. The van der Waals surface area contributed by atoms with Gasteiger partial charge >= 0.3 is 0 Å². The normalized spacial score (nSPS) is 12.9. The largest absolute Gasteiger partial charge is 0.362 e. The molecule has 1 aromatic rings. The van der Waals surface area contributed by atoms with Gasteiger partial charge in [-0.05, 0) is 13.3 Å². The van der Waals surface area contributed by atoms with Crippen LogP contribution in [0.2, 0.25) is 0 Å². The molecule has 6 heteroatoms. The molecule has 0 aliphatic carbocycles. The molecule has 0 aliphatic rings. The van der Waals surface area contributed by atoms with E-state index in [9.17, 15) is 10.2 Å². The van der Waals surface area contributed by atoms with Crippen LogP contribution in [-0.2, 0) is 6.42 Å². The molecule has 0 amide bonds. The van der Waals surface area contributed by atoms with Crippen LogP contribution in [0.25, 0.3) is 0 Å². The van der Waals surface area contributed by atoms with E-state index in [-0.39, 0.29) is 12.8 Å². The predicted octanol–water partition coefficient (Wildman–Crippen LogP) is -1.21. The van der Waals surface area contributed by atoms with Gasteiger partial charge in [-0.1, -0.05) is 0 Å². The average Bonchev–Trinajstić information content (AvgIpc) is 2.15. The van der Waals surface area contributed by atoms with Gasteiger partial charge < -0.3 is 20.4 Å². The molecule has 1 rings (SSSR count). The molecular weight excluding hydrogens is 200 g/mol. The molecule has 6 nitrogen and oxygen atoms in total. The number of aromatic nitrogens is 2. The van der Waals surface area contributed by atoms with Gasteiger partial charge in [0.2, 0.25) is 11.6 Å². The van der Waals surface area contributed by atoms with E-state index >= 15 is 0 Å². The van der Waals surface area contributed by atoms with Crippen molar-refractivity contribution >= 4 is 0 Å². The molecule has 0 aromatic carbocycles. The summed E-state index contributed by atoms with van der Waals surface area (Å²) in [5.41, 5.74) is 0.550. The van der Waals surface area contributed by atoms with Crippen molar-refractivity contribution in [1.82, 2.24) is 9.97 Å². The van der Waals surface area contributed by atoms with Gasteiger partial charge in [0.05, 0.1) is 5.69 Å². The topological polar surface area (TPSA) is 107 Å². The summed E-state index contributed by atoms with van der Waals surface area (Å²) >= 11 is 0. The van der Waals surface area contributed by atoms with Gasteiger partial charge in [-0.15, -0.1) is 0 Å². The number of aryl methyl sites for hydroxylation is 1. The molecular formula is C9H14N2O4. The lowest BCUT2D eigenvalue weighted by molar-refractivity contribution is -0.350. The van der Waals surface area contributed by atoms with E-state index < -0.39 is 11.6 Å². The Morgan fingerprint density at radius 3 is 2.33 bits per heavy atom. The van der Waals surface area contributed by atoms with Crippen molar-refractivity contribution in [2.45, 2.75) is 31.3 Å². The van der Waals surface area contributed by atoms with E-state index in [4.69, 9.17) is 10.2 Å². The molecule has 15 heavy (non-hydrogen) atoms. The van der Waals surface area contributed by atoms with Crippen LogP contribution in [-0.4, -0.2) is 42.0 Å². The summed E-state index contributed by atoms with van der Waals surface area (Å²) in [4.78, 5) is 7.71. The zero-order valence-corrected chi connectivity index (χ0v) is 8.33. The zero-order valence-electron chi connectivity index (χ0n) is 8.33.